The van der Waals surface area contributed by atoms with Gasteiger partial charge in [-0.25, -0.2) is 13.2 Å². The molecule has 0 aromatic heterocycles. The molecule has 1 aliphatic heterocycles. The molecule has 1 rings (SSSR count). The van der Waals surface area contributed by atoms with Gasteiger partial charge in [-0.3, -0.25) is 4.55 Å². The Morgan fingerprint density at radius 1 is 0.862 bits per heavy atom. The first-order valence-electron chi connectivity index (χ1n) is 7.67. The zero-order valence-electron chi connectivity index (χ0n) is 15.2. The molecule has 1 saturated heterocycles. The average molecular weight is 480 g/mol. The Hall–Kier alpha value is -1.33. The predicted molar refractivity (Wildman–Crippen MR) is 84.7 cm³/mol. The Bertz CT molecular complexity index is 846. The van der Waals surface area contributed by atoms with Crippen LogP contribution in [0, 0.1) is 0 Å². The summed E-state index contributed by atoms with van der Waals surface area (Å²) < 4.78 is 139. The van der Waals surface area contributed by atoms with Crippen LogP contribution in [0.2, 0.25) is 0 Å². The largest absolute Gasteiger partial charge is 0.444 e. The summed E-state index contributed by atoms with van der Waals surface area (Å²) in [6.07, 6.45) is -0.954. The van der Waals surface area contributed by atoms with Crippen molar-refractivity contribution in [2.24, 2.45) is 0 Å². The van der Waals surface area contributed by atoms with Crippen molar-refractivity contribution in [3.8, 4) is 0 Å². The lowest BCUT2D eigenvalue weighted by Gasteiger charge is -2.38. The number of alkyl halides is 6. The van der Waals surface area contributed by atoms with E-state index in [1.54, 1.807) is 0 Å². The first-order valence-corrected chi connectivity index (χ1v) is 10.6. The highest BCUT2D eigenvalue weighted by atomic mass is 32.2. The number of carbonyl (C=O) groups excluding carboxylic acids is 1. The summed E-state index contributed by atoms with van der Waals surface area (Å²) in [6.45, 7) is 1.36. The van der Waals surface area contributed by atoms with E-state index >= 15 is 0 Å². The van der Waals surface area contributed by atoms with Gasteiger partial charge in [0.05, 0.1) is 0 Å². The number of ether oxygens (including phenoxy) is 1. The second-order valence-corrected chi connectivity index (χ2v) is 10.4. The van der Waals surface area contributed by atoms with Crippen LogP contribution in [-0.4, -0.2) is 84.9 Å². The lowest BCUT2D eigenvalue weighted by Crippen LogP contribution is -2.64. The molecule has 1 N–H and O–H groups in total. The Kier molecular flexibility index (Phi) is 6.58. The van der Waals surface area contributed by atoms with Gasteiger partial charge in [-0.1, -0.05) is 0 Å². The molecule has 172 valence electrons. The van der Waals surface area contributed by atoms with Gasteiger partial charge in [0.15, 0.2) is 0 Å². The third kappa shape index (κ3) is 4.56. The van der Waals surface area contributed by atoms with Gasteiger partial charge in [-0.05, 0) is 20.8 Å². The third-order valence-electron chi connectivity index (χ3n) is 3.61. The van der Waals surface area contributed by atoms with Gasteiger partial charge in [0.25, 0.3) is 10.0 Å². The Balaban J connectivity index is 3.10. The number of sulfonamides is 1. The fourth-order valence-electron chi connectivity index (χ4n) is 2.09. The first-order chi connectivity index (χ1) is 12.6. The molecule has 0 radical (unpaired) electrons. The minimum atomic E-state index is -7.09. The second kappa shape index (κ2) is 7.42. The zero-order chi connectivity index (χ0) is 23.3. The van der Waals surface area contributed by atoms with Crippen LogP contribution in [-0.2, 0) is 24.9 Å². The van der Waals surface area contributed by atoms with Crippen molar-refractivity contribution in [3.05, 3.63) is 0 Å². The molecule has 1 amide bonds. The summed E-state index contributed by atoms with van der Waals surface area (Å²) in [4.78, 5) is 12.7. The number of hydrogen-bond donors (Lipinski definition) is 1. The summed E-state index contributed by atoms with van der Waals surface area (Å²) in [5.74, 6) is -7.01. The highest BCUT2D eigenvalue weighted by molar-refractivity contribution is 7.90. The summed E-state index contributed by atoms with van der Waals surface area (Å²) in [5, 5.41) is -13.4. The second-order valence-electron chi connectivity index (χ2n) is 6.95. The minimum Gasteiger partial charge on any atom is -0.444 e. The van der Waals surface area contributed by atoms with Crippen molar-refractivity contribution in [2.45, 2.75) is 42.8 Å². The maximum absolute atomic E-state index is 13.9. The fraction of sp³-hybridized carbons (Fsp3) is 0.917. The third-order valence-corrected chi connectivity index (χ3v) is 6.46. The Morgan fingerprint density at radius 3 is 1.62 bits per heavy atom. The molecule has 0 bridgehead atoms. The molecule has 1 aliphatic rings. The number of amides is 1. The molecule has 29 heavy (non-hydrogen) atoms. The highest BCUT2D eigenvalue weighted by Gasteiger charge is 2.82. The monoisotopic (exact) mass is 480 g/mol. The molecular formula is C12H18F6N2O7S2. The molecule has 0 aliphatic carbocycles. The number of carbonyl (C=O) groups is 1. The molecule has 0 aromatic carbocycles. The van der Waals surface area contributed by atoms with E-state index in [0.717, 1.165) is 4.90 Å². The molecule has 0 saturated carbocycles. The van der Waals surface area contributed by atoms with E-state index < -0.39 is 74.4 Å². The van der Waals surface area contributed by atoms with E-state index in [-0.39, 0.29) is 4.31 Å². The van der Waals surface area contributed by atoms with Crippen LogP contribution in [0.5, 0.6) is 0 Å². The molecule has 17 heteroatoms. The van der Waals surface area contributed by atoms with Crippen LogP contribution in [0.1, 0.15) is 20.8 Å². The summed E-state index contributed by atoms with van der Waals surface area (Å²) >= 11 is 0. The zero-order valence-corrected chi connectivity index (χ0v) is 16.8. The summed E-state index contributed by atoms with van der Waals surface area (Å²) in [5.41, 5.74) is -0.948. The quantitative estimate of drug-likeness (QED) is 0.468. The smallest absolute Gasteiger partial charge is 0.439 e. The van der Waals surface area contributed by atoms with Gasteiger partial charge < -0.3 is 9.64 Å². The molecule has 0 unspecified atom stereocenters. The van der Waals surface area contributed by atoms with Crippen LogP contribution in [0.3, 0.4) is 0 Å². The van der Waals surface area contributed by atoms with Crippen molar-refractivity contribution in [1.29, 1.82) is 0 Å². The molecule has 0 spiro atoms. The Morgan fingerprint density at radius 2 is 1.28 bits per heavy atom. The Labute approximate surface area is 162 Å². The maximum atomic E-state index is 13.9. The standard InChI is InChI=1S/C12H18F6N2O7S2/c1-9(2,3)27-8(21)19-4-6-20(7-5-19)28(22,23)11(15,16)10(13,14)12(17,18)29(24,25)26/h4-7H2,1-3H3,(H,24,25,26). The van der Waals surface area contributed by atoms with Crippen molar-refractivity contribution >= 4 is 26.2 Å². The van der Waals surface area contributed by atoms with Crippen LogP contribution >= 0.6 is 0 Å². The molecule has 0 aromatic rings. The summed E-state index contributed by atoms with van der Waals surface area (Å²) in [6, 6.07) is 0. The molecule has 1 heterocycles. The minimum absolute atomic E-state index is 0.290. The van der Waals surface area contributed by atoms with E-state index in [1.807, 2.05) is 0 Å². The number of hydrogen-bond acceptors (Lipinski definition) is 6. The van der Waals surface area contributed by atoms with Crippen LogP contribution < -0.4 is 0 Å². The van der Waals surface area contributed by atoms with E-state index in [1.165, 1.54) is 20.8 Å². The number of rotatable bonds is 5. The first kappa shape index (κ1) is 25.7. The molecule has 9 nitrogen and oxygen atoms in total. The van der Waals surface area contributed by atoms with Crippen LogP contribution in [0.15, 0.2) is 0 Å². The van der Waals surface area contributed by atoms with Crippen LogP contribution in [0.4, 0.5) is 31.1 Å². The van der Waals surface area contributed by atoms with E-state index in [4.69, 9.17) is 9.29 Å². The molecular weight excluding hydrogens is 462 g/mol. The SMILES string of the molecule is CC(C)(C)OC(=O)N1CCN(S(=O)(=O)C(F)(F)C(F)(F)C(F)(F)S(=O)(=O)O)CC1. The van der Waals surface area contributed by atoms with Gasteiger partial charge in [0, 0.05) is 26.2 Å². The van der Waals surface area contributed by atoms with Gasteiger partial charge in [-0.2, -0.15) is 39.1 Å². The van der Waals surface area contributed by atoms with Crippen molar-refractivity contribution in [1.82, 2.24) is 9.21 Å². The predicted octanol–water partition coefficient (Wildman–Crippen LogP) is 1.58. The van der Waals surface area contributed by atoms with Gasteiger partial charge in [-0.15, -0.1) is 0 Å². The number of nitrogens with zero attached hydrogens (tertiary/aromatic N) is 2. The number of halogens is 6. The average Bonchev–Trinajstić information content (AvgIpc) is 2.51. The number of piperazine rings is 1. The van der Waals surface area contributed by atoms with Gasteiger partial charge in [0.1, 0.15) is 5.60 Å². The lowest BCUT2D eigenvalue weighted by molar-refractivity contribution is -0.247. The summed E-state index contributed by atoms with van der Waals surface area (Å²) in [7, 11) is -13.6. The maximum Gasteiger partial charge on any atom is 0.439 e. The van der Waals surface area contributed by atoms with Gasteiger partial charge in [0.2, 0.25) is 0 Å². The van der Waals surface area contributed by atoms with E-state index in [2.05, 4.69) is 0 Å². The topological polar surface area (TPSA) is 121 Å². The van der Waals surface area contributed by atoms with Crippen molar-refractivity contribution < 1.29 is 57.3 Å². The lowest BCUT2D eigenvalue weighted by atomic mass is 10.2. The van der Waals surface area contributed by atoms with Gasteiger partial charge >= 0.3 is 32.6 Å². The van der Waals surface area contributed by atoms with Crippen LogP contribution in [0.25, 0.3) is 0 Å². The van der Waals surface area contributed by atoms with E-state index in [0.29, 0.717) is 0 Å². The van der Waals surface area contributed by atoms with Crippen molar-refractivity contribution in [2.75, 3.05) is 26.2 Å². The van der Waals surface area contributed by atoms with Crippen molar-refractivity contribution in [3.63, 3.8) is 0 Å². The molecule has 0 atom stereocenters. The normalized spacial score (nSPS) is 18.6. The molecule has 1 fully saturated rings. The highest BCUT2D eigenvalue weighted by Crippen LogP contribution is 2.51. The van der Waals surface area contributed by atoms with E-state index in [9.17, 15) is 48.0 Å². The fourth-order valence-corrected chi connectivity index (χ4v) is 4.03.